The molecule has 0 saturated carbocycles. The summed E-state index contributed by atoms with van der Waals surface area (Å²) in [6.45, 7) is -0.290. The van der Waals surface area contributed by atoms with E-state index in [0.29, 0.717) is 16.5 Å². The van der Waals surface area contributed by atoms with Crippen LogP contribution >= 0.6 is 15.9 Å². The fourth-order valence-corrected chi connectivity index (χ4v) is 2.48. The van der Waals surface area contributed by atoms with Crippen LogP contribution in [0.4, 0.5) is 5.69 Å². The number of halogens is 1. The van der Waals surface area contributed by atoms with Gasteiger partial charge in [-0.15, -0.1) is 10.2 Å². The maximum absolute atomic E-state index is 11.9. The predicted molar refractivity (Wildman–Crippen MR) is 96.0 cm³/mol. The van der Waals surface area contributed by atoms with Gasteiger partial charge in [0.1, 0.15) is 6.54 Å². The van der Waals surface area contributed by atoms with Gasteiger partial charge < -0.3 is 15.4 Å². The van der Waals surface area contributed by atoms with Crippen molar-refractivity contribution in [2.45, 2.75) is 0 Å². The highest BCUT2D eigenvalue weighted by Gasteiger charge is 2.11. The SMILES string of the molecule is O=C(CNC(=O)c1ccc(Br)cc1)N=Nc1c(O)[nH]c2ccccc12. The van der Waals surface area contributed by atoms with Crippen LogP contribution in [0.25, 0.3) is 10.9 Å². The first-order valence-corrected chi connectivity index (χ1v) is 8.12. The summed E-state index contributed by atoms with van der Waals surface area (Å²) < 4.78 is 0.854. The number of aromatic nitrogens is 1. The molecule has 3 aromatic rings. The molecule has 0 aliphatic rings. The zero-order valence-corrected chi connectivity index (χ0v) is 14.4. The summed E-state index contributed by atoms with van der Waals surface area (Å²) in [5.41, 5.74) is 1.30. The van der Waals surface area contributed by atoms with Crippen LogP contribution in [-0.4, -0.2) is 28.4 Å². The number of amides is 2. The molecule has 1 heterocycles. The Kier molecular flexibility index (Phi) is 4.90. The average molecular weight is 401 g/mol. The van der Waals surface area contributed by atoms with Crippen LogP contribution in [0.15, 0.2) is 63.2 Å². The zero-order valence-electron chi connectivity index (χ0n) is 12.9. The molecule has 7 nitrogen and oxygen atoms in total. The molecule has 0 aliphatic heterocycles. The van der Waals surface area contributed by atoms with Crippen molar-refractivity contribution in [2.24, 2.45) is 10.2 Å². The Labute approximate surface area is 150 Å². The molecule has 0 bridgehead atoms. The Morgan fingerprint density at radius 1 is 1.12 bits per heavy atom. The van der Waals surface area contributed by atoms with Gasteiger partial charge in [0.15, 0.2) is 5.69 Å². The van der Waals surface area contributed by atoms with Crippen LogP contribution in [0.3, 0.4) is 0 Å². The van der Waals surface area contributed by atoms with Crippen molar-refractivity contribution < 1.29 is 14.7 Å². The number of aromatic amines is 1. The number of carbonyl (C=O) groups excluding carboxylic acids is 2. The third kappa shape index (κ3) is 3.92. The van der Waals surface area contributed by atoms with Crippen molar-refractivity contribution in [2.75, 3.05) is 6.54 Å². The lowest BCUT2D eigenvalue weighted by Crippen LogP contribution is -2.28. The molecule has 126 valence electrons. The van der Waals surface area contributed by atoms with Gasteiger partial charge in [-0.25, -0.2) is 0 Å². The summed E-state index contributed by atoms with van der Waals surface area (Å²) in [6.07, 6.45) is 0. The van der Waals surface area contributed by atoms with Crippen LogP contribution in [-0.2, 0) is 4.79 Å². The van der Waals surface area contributed by atoms with Gasteiger partial charge in [0, 0.05) is 15.4 Å². The first-order chi connectivity index (χ1) is 12.0. The van der Waals surface area contributed by atoms with E-state index in [9.17, 15) is 14.7 Å². The number of carbonyl (C=O) groups is 2. The number of aromatic hydroxyl groups is 1. The molecule has 0 aliphatic carbocycles. The molecule has 0 unspecified atom stereocenters. The van der Waals surface area contributed by atoms with Crippen molar-refractivity contribution in [3.63, 3.8) is 0 Å². The highest BCUT2D eigenvalue weighted by atomic mass is 79.9. The highest BCUT2D eigenvalue weighted by molar-refractivity contribution is 9.10. The lowest BCUT2D eigenvalue weighted by Gasteiger charge is -2.02. The molecule has 2 amide bonds. The molecule has 0 saturated heterocycles. The van der Waals surface area contributed by atoms with E-state index < -0.39 is 5.91 Å². The molecule has 3 N–H and O–H groups in total. The fourth-order valence-electron chi connectivity index (χ4n) is 2.21. The zero-order chi connectivity index (χ0) is 17.8. The van der Waals surface area contributed by atoms with Gasteiger partial charge in [-0.2, -0.15) is 0 Å². The number of nitrogens with zero attached hydrogens (tertiary/aromatic N) is 2. The molecule has 0 spiro atoms. The van der Waals surface area contributed by atoms with E-state index in [4.69, 9.17) is 0 Å². The Morgan fingerprint density at radius 2 is 1.84 bits per heavy atom. The van der Waals surface area contributed by atoms with E-state index in [2.05, 4.69) is 36.5 Å². The Balaban J connectivity index is 1.64. The number of H-pyrrole nitrogens is 1. The van der Waals surface area contributed by atoms with Gasteiger partial charge >= 0.3 is 0 Å². The van der Waals surface area contributed by atoms with Crippen LogP contribution < -0.4 is 5.32 Å². The van der Waals surface area contributed by atoms with E-state index in [1.54, 1.807) is 42.5 Å². The van der Waals surface area contributed by atoms with Gasteiger partial charge in [0.2, 0.25) is 5.88 Å². The first kappa shape index (κ1) is 16.8. The maximum Gasteiger partial charge on any atom is 0.283 e. The number of rotatable bonds is 4. The maximum atomic E-state index is 11.9. The first-order valence-electron chi connectivity index (χ1n) is 7.32. The molecule has 0 fully saturated rings. The quantitative estimate of drug-likeness (QED) is 0.581. The average Bonchev–Trinajstić information content (AvgIpc) is 2.93. The van der Waals surface area contributed by atoms with Gasteiger partial charge in [-0.05, 0) is 30.3 Å². The van der Waals surface area contributed by atoms with Crippen LogP contribution in [0.1, 0.15) is 10.4 Å². The molecular formula is C17H13BrN4O3. The minimum atomic E-state index is -0.629. The van der Waals surface area contributed by atoms with E-state index >= 15 is 0 Å². The Morgan fingerprint density at radius 3 is 2.60 bits per heavy atom. The number of hydrogen-bond donors (Lipinski definition) is 3. The van der Waals surface area contributed by atoms with Crippen molar-refractivity contribution in [1.29, 1.82) is 0 Å². The van der Waals surface area contributed by atoms with Gasteiger partial charge in [0.25, 0.3) is 11.8 Å². The third-order valence-electron chi connectivity index (χ3n) is 3.43. The molecule has 3 rings (SSSR count). The Bertz CT molecular complexity index is 964. The van der Waals surface area contributed by atoms with E-state index in [1.807, 2.05) is 6.07 Å². The lowest BCUT2D eigenvalue weighted by atomic mass is 10.2. The lowest BCUT2D eigenvalue weighted by molar-refractivity contribution is -0.117. The summed E-state index contributed by atoms with van der Waals surface area (Å²) in [4.78, 5) is 26.5. The molecule has 1 aromatic heterocycles. The number of azo groups is 1. The molecule has 0 atom stereocenters. The smallest absolute Gasteiger partial charge is 0.283 e. The summed E-state index contributed by atoms with van der Waals surface area (Å²) in [5, 5.41) is 20.3. The number of para-hydroxylation sites is 1. The van der Waals surface area contributed by atoms with Crippen molar-refractivity contribution in [1.82, 2.24) is 10.3 Å². The summed E-state index contributed by atoms with van der Waals surface area (Å²) >= 11 is 3.28. The monoisotopic (exact) mass is 400 g/mol. The van der Waals surface area contributed by atoms with E-state index in [-0.39, 0.29) is 24.0 Å². The summed E-state index contributed by atoms with van der Waals surface area (Å²) in [7, 11) is 0. The van der Waals surface area contributed by atoms with E-state index in [0.717, 1.165) is 4.47 Å². The van der Waals surface area contributed by atoms with Crippen molar-refractivity contribution >= 4 is 44.3 Å². The van der Waals surface area contributed by atoms with Gasteiger partial charge in [0.05, 0.1) is 5.52 Å². The van der Waals surface area contributed by atoms with Gasteiger partial charge in [-0.3, -0.25) is 9.59 Å². The predicted octanol–water partition coefficient (Wildman–Crippen LogP) is 3.68. The fraction of sp³-hybridized carbons (Fsp3) is 0.0588. The Hall–Kier alpha value is -3.00. The topological polar surface area (TPSA) is 107 Å². The molecule has 8 heteroatoms. The molecule has 25 heavy (non-hydrogen) atoms. The molecular weight excluding hydrogens is 388 g/mol. The number of fused-ring (bicyclic) bond motifs is 1. The minimum absolute atomic E-state index is 0.170. The number of benzene rings is 2. The largest absolute Gasteiger partial charge is 0.493 e. The van der Waals surface area contributed by atoms with Crippen LogP contribution in [0, 0.1) is 0 Å². The number of hydrogen-bond acceptors (Lipinski definition) is 4. The highest BCUT2D eigenvalue weighted by Crippen LogP contribution is 2.35. The second kappa shape index (κ2) is 7.27. The van der Waals surface area contributed by atoms with Crippen molar-refractivity contribution in [3.05, 3.63) is 58.6 Å². The van der Waals surface area contributed by atoms with Crippen molar-refractivity contribution in [3.8, 4) is 5.88 Å². The van der Waals surface area contributed by atoms with Crippen LogP contribution in [0.5, 0.6) is 5.88 Å². The molecule has 2 aromatic carbocycles. The molecule has 0 radical (unpaired) electrons. The van der Waals surface area contributed by atoms with Crippen LogP contribution in [0.2, 0.25) is 0 Å². The minimum Gasteiger partial charge on any atom is -0.493 e. The standard InChI is InChI=1S/C17H13BrN4O3/c18-11-7-5-10(6-8-11)16(24)19-9-14(23)21-22-15-12-3-1-2-4-13(12)20-17(15)25/h1-8,20,25H,9H2,(H,19,24). The normalized spacial score (nSPS) is 11.1. The summed E-state index contributed by atoms with van der Waals surface area (Å²) in [6, 6.07) is 13.8. The number of nitrogens with one attached hydrogen (secondary N) is 2. The van der Waals surface area contributed by atoms with E-state index in [1.165, 1.54) is 0 Å². The summed E-state index contributed by atoms with van der Waals surface area (Å²) in [5.74, 6) is -1.18. The second-order valence-electron chi connectivity index (χ2n) is 5.15. The second-order valence-corrected chi connectivity index (χ2v) is 6.07. The third-order valence-corrected chi connectivity index (χ3v) is 3.96. The van der Waals surface area contributed by atoms with Gasteiger partial charge in [-0.1, -0.05) is 34.1 Å².